The summed E-state index contributed by atoms with van der Waals surface area (Å²) in [5.74, 6) is 0. The Bertz CT molecular complexity index is 206. The smallest absolute Gasteiger partial charge is 0.104 e. The molecule has 3 rings (SSSR count). The average Bonchev–Trinajstić information content (AvgIpc) is 3.02. The predicted molar refractivity (Wildman–Crippen MR) is 59.5 cm³/mol. The molecule has 0 radical (unpaired) electrons. The van der Waals surface area contributed by atoms with Gasteiger partial charge in [0.2, 0.25) is 0 Å². The second-order valence-electron chi connectivity index (χ2n) is 4.22. The standard InChI is InChI=1S/C10H16O4.H4Si/c1(7-4-12-7)2-11-9-3-10(9)14-6-8-5-13-8;/h7-10H,1-6H2;1H4. The summed E-state index contributed by atoms with van der Waals surface area (Å²) in [4.78, 5) is 0. The van der Waals surface area contributed by atoms with E-state index in [0.29, 0.717) is 24.4 Å². The van der Waals surface area contributed by atoms with Crippen LogP contribution in [0.25, 0.3) is 0 Å². The van der Waals surface area contributed by atoms with Crippen LogP contribution in [-0.2, 0) is 18.9 Å². The van der Waals surface area contributed by atoms with E-state index in [1.165, 1.54) is 0 Å². The molecule has 0 N–H and O–H groups in total. The van der Waals surface area contributed by atoms with E-state index in [2.05, 4.69) is 0 Å². The van der Waals surface area contributed by atoms with Crippen LogP contribution in [-0.4, -0.2) is 61.8 Å². The van der Waals surface area contributed by atoms with E-state index in [9.17, 15) is 0 Å². The SMILES string of the molecule is C(CC1CO1)OC1CC1OCC1CO1.[SiH4]. The molecule has 3 fully saturated rings. The monoisotopic (exact) mass is 232 g/mol. The first kappa shape index (κ1) is 11.5. The maximum absolute atomic E-state index is 5.62. The molecule has 1 aliphatic carbocycles. The Hall–Kier alpha value is 0.0569. The topological polar surface area (TPSA) is 43.5 Å². The van der Waals surface area contributed by atoms with Gasteiger partial charge >= 0.3 is 0 Å². The molecule has 2 saturated heterocycles. The Labute approximate surface area is 94.2 Å². The predicted octanol–water partition coefficient (Wildman–Crippen LogP) is -1.10. The molecular weight excluding hydrogens is 212 g/mol. The van der Waals surface area contributed by atoms with Crippen LogP contribution in [0.5, 0.6) is 0 Å². The van der Waals surface area contributed by atoms with Crippen molar-refractivity contribution in [2.75, 3.05) is 26.4 Å². The summed E-state index contributed by atoms with van der Waals surface area (Å²) >= 11 is 0. The Morgan fingerprint density at radius 2 is 1.67 bits per heavy atom. The van der Waals surface area contributed by atoms with E-state index >= 15 is 0 Å². The maximum atomic E-state index is 5.62. The lowest BCUT2D eigenvalue weighted by molar-refractivity contribution is 0.0350. The highest BCUT2D eigenvalue weighted by molar-refractivity contribution is 5.75. The van der Waals surface area contributed by atoms with Gasteiger partial charge in [0.1, 0.15) is 6.10 Å². The fourth-order valence-corrected chi connectivity index (χ4v) is 1.48. The largest absolute Gasteiger partial charge is 0.375 e. The molecule has 0 amide bonds. The Balaban J connectivity index is 0.000000853. The number of epoxide rings is 2. The van der Waals surface area contributed by atoms with E-state index in [0.717, 1.165) is 39.3 Å². The van der Waals surface area contributed by atoms with Crippen molar-refractivity contribution >= 4 is 11.0 Å². The van der Waals surface area contributed by atoms with Gasteiger partial charge in [0.15, 0.2) is 0 Å². The summed E-state index contributed by atoms with van der Waals surface area (Å²) in [7, 11) is 0. The third-order valence-electron chi connectivity index (χ3n) is 2.75. The highest BCUT2D eigenvalue weighted by atomic mass is 28.1. The fraction of sp³-hybridized carbons (Fsp3) is 1.00. The van der Waals surface area contributed by atoms with Crippen molar-refractivity contribution in [1.82, 2.24) is 0 Å². The van der Waals surface area contributed by atoms with Gasteiger partial charge in [0.05, 0.1) is 38.1 Å². The number of rotatable bonds is 7. The minimum absolute atomic E-state index is 0. The van der Waals surface area contributed by atoms with Crippen LogP contribution in [0.1, 0.15) is 12.8 Å². The summed E-state index contributed by atoms with van der Waals surface area (Å²) < 4.78 is 21.4. The van der Waals surface area contributed by atoms with Gasteiger partial charge < -0.3 is 18.9 Å². The Morgan fingerprint density at radius 1 is 1.00 bits per heavy atom. The van der Waals surface area contributed by atoms with E-state index < -0.39 is 0 Å². The molecule has 4 atom stereocenters. The lowest BCUT2D eigenvalue weighted by atomic mass is 10.3. The number of hydrogen-bond donors (Lipinski definition) is 0. The lowest BCUT2D eigenvalue weighted by Crippen LogP contribution is -2.09. The van der Waals surface area contributed by atoms with Crippen molar-refractivity contribution in [3.8, 4) is 0 Å². The average molecular weight is 232 g/mol. The third-order valence-corrected chi connectivity index (χ3v) is 2.75. The first-order valence-corrected chi connectivity index (χ1v) is 5.38. The molecule has 0 aromatic heterocycles. The van der Waals surface area contributed by atoms with Gasteiger partial charge in [-0.3, -0.25) is 0 Å². The van der Waals surface area contributed by atoms with Crippen LogP contribution in [0.4, 0.5) is 0 Å². The zero-order valence-electron chi connectivity index (χ0n) is 8.19. The van der Waals surface area contributed by atoms with E-state index in [1.807, 2.05) is 0 Å². The van der Waals surface area contributed by atoms with Gasteiger partial charge in [-0.25, -0.2) is 0 Å². The van der Waals surface area contributed by atoms with Crippen molar-refractivity contribution in [2.24, 2.45) is 0 Å². The molecule has 15 heavy (non-hydrogen) atoms. The Kier molecular flexibility index (Phi) is 3.79. The van der Waals surface area contributed by atoms with Gasteiger partial charge in [0.25, 0.3) is 0 Å². The minimum atomic E-state index is 0. The summed E-state index contributed by atoms with van der Waals surface area (Å²) in [6, 6.07) is 0. The quantitative estimate of drug-likeness (QED) is 0.413. The van der Waals surface area contributed by atoms with E-state index in [4.69, 9.17) is 18.9 Å². The van der Waals surface area contributed by atoms with Crippen molar-refractivity contribution in [2.45, 2.75) is 37.3 Å². The van der Waals surface area contributed by atoms with E-state index in [-0.39, 0.29) is 11.0 Å². The summed E-state index contributed by atoms with van der Waals surface area (Å²) in [6.07, 6.45) is 3.61. The molecule has 3 aliphatic rings. The maximum Gasteiger partial charge on any atom is 0.104 e. The summed E-state index contributed by atoms with van der Waals surface area (Å²) in [5.41, 5.74) is 0. The van der Waals surface area contributed by atoms with Crippen LogP contribution in [0.2, 0.25) is 0 Å². The molecular formula is C10H20O4Si. The molecule has 1 saturated carbocycles. The molecule has 4 unspecified atom stereocenters. The summed E-state index contributed by atoms with van der Waals surface area (Å²) in [5, 5.41) is 0. The third kappa shape index (κ3) is 3.84. The van der Waals surface area contributed by atoms with Crippen LogP contribution in [0, 0.1) is 0 Å². The second kappa shape index (κ2) is 4.93. The van der Waals surface area contributed by atoms with Gasteiger partial charge in [-0.05, 0) is 17.4 Å². The highest BCUT2D eigenvalue weighted by Gasteiger charge is 2.41. The highest BCUT2D eigenvalue weighted by Crippen LogP contribution is 2.30. The van der Waals surface area contributed by atoms with Gasteiger partial charge in [0, 0.05) is 13.0 Å². The van der Waals surface area contributed by atoms with E-state index in [1.54, 1.807) is 0 Å². The van der Waals surface area contributed by atoms with Crippen LogP contribution >= 0.6 is 0 Å². The molecule has 0 spiro atoms. The second-order valence-corrected chi connectivity index (χ2v) is 4.22. The van der Waals surface area contributed by atoms with Gasteiger partial charge in [-0.1, -0.05) is 0 Å². The van der Waals surface area contributed by atoms with Crippen LogP contribution < -0.4 is 0 Å². The Morgan fingerprint density at radius 3 is 2.33 bits per heavy atom. The van der Waals surface area contributed by atoms with Crippen LogP contribution in [0.15, 0.2) is 0 Å². The van der Waals surface area contributed by atoms with Crippen LogP contribution in [0.3, 0.4) is 0 Å². The zero-order valence-corrected chi connectivity index (χ0v) is 8.19. The fourth-order valence-electron chi connectivity index (χ4n) is 1.48. The normalized spacial score (nSPS) is 40.8. The molecule has 2 heterocycles. The molecule has 4 nitrogen and oxygen atoms in total. The number of ether oxygens (including phenoxy) is 4. The van der Waals surface area contributed by atoms with Gasteiger partial charge in [-0.2, -0.15) is 0 Å². The zero-order chi connectivity index (χ0) is 9.38. The lowest BCUT2D eigenvalue weighted by Gasteiger charge is -2.02. The molecule has 0 aromatic carbocycles. The van der Waals surface area contributed by atoms with Gasteiger partial charge in [-0.15, -0.1) is 0 Å². The van der Waals surface area contributed by atoms with Crippen molar-refractivity contribution in [1.29, 1.82) is 0 Å². The van der Waals surface area contributed by atoms with Crippen molar-refractivity contribution in [3.05, 3.63) is 0 Å². The van der Waals surface area contributed by atoms with Crippen molar-refractivity contribution < 1.29 is 18.9 Å². The van der Waals surface area contributed by atoms with Crippen molar-refractivity contribution in [3.63, 3.8) is 0 Å². The first-order valence-electron chi connectivity index (χ1n) is 5.38. The minimum Gasteiger partial charge on any atom is -0.375 e. The first-order chi connectivity index (χ1) is 6.92. The molecule has 0 bridgehead atoms. The summed E-state index contributed by atoms with van der Waals surface area (Å²) in [6.45, 7) is 3.36. The molecule has 2 aliphatic heterocycles. The molecule has 88 valence electrons. The number of hydrogen-bond acceptors (Lipinski definition) is 4. The molecule has 5 heteroatoms. The molecule has 0 aromatic rings.